The lowest BCUT2D eigenvalue weighted by atomic mass is 10.2. The summed E-state index contributed by atoms with van der Waals surface area (Å²) in [6, 6.07) is 3.67. The number of anilines is 2. The minimum atomic E-state index is -1.03. The number of aryl methyl sites for hydroxylation is 2. The molecule has 19 heavy (non-hydrogen) atoms. The van der Waals surface area contributed by atoms with E-state index in [-0.39, 0.29) is 5.69 Å². The van der Waals surface area contributed by atoms with Crippen LogP contribution >= 0.6 is 38.9 Å². The highest BCUT2D eigenvalue weighted by Gasteiger charge is 2.15. The Hall–Kier alpha value is -1.11. The van der Waals surface area contributed by atoms with Crippen LogP contribution in [0.15, 0.2) is 16.6 Å². The number of carboxylic acids is 1. The van der Waals surface area contributed by atoms with Crippen LogP contribution in [0.5, 0.6) is 0 Å². The molecule has 0 aliphatic carbocycles. The molecule has 0 unspecified atom stereocenters. The monoisotopic (exact) mass is 360 g/mol. The first-order valence-electron chi connectivity index (χ1n) is 5.32. The normalized spacial score (nSPS) is 10.5. The minimum absolute atomic E-state index is 0.0711. The number of aromatic carboxylic acids is 1. The van der Waals surface area contributed by atoms with Crippen LogP contribution in [-0.2, 0) is 0 Å². The molecule has 0 saturated heterocycles. The third kappa shape index (κ3) is 3.08. The highest BCUT2D eigenvalue weighted by Crippen LogP contribution is 2.33. The molecular weight excluding hydrogens is 352 g/mol. The van der Waals surface area contributed by atoms with E-state index in [2.05, 4.69) is 26.2 Å². The molecule has 2 N–H and O–H groups in total. The van der Waals surface area contributed by atoms with Crippen molar-refractivity contribution in [2.75, 3.05) is 5.32 Å². The number of carbonyl (C=O) groups is 1. The van der Waals surface area contributed by atoms with E-state index in [1.807, 2.05) is 13.0 Å². The molecule has 0 saturated carbocycles. The maximum absolute atomic E-state index is 10.9. The third-order valence-corrected chi connectivity index (χ3v) is 4.44. The van der Waals surface area contributed by atoms with E-state index >= 15 is 0 Å². The number of rotatable bonds is 3. The zero-order chi connectivity index (χ0) is 14.2. The van der Waals surface area contributed by atoms with E-state index < -0.39 is 5.97 Å². The third-order valence-electron chi connectivity index (χ3n) is 2.49. The van der Waals surface area contributed by atoms with Crippen molar-refractivity contribution in [3.63, 3.8) is 0 Å². The lowest BCUT2D eigenvalue weighted by molar-refractivity contribution is 0.0690. The molecule has 1 heterocycles. The molecule has 0 atom stereocenters. The molecule has 100 valence electrons. The molecule has 0 bridgehead atoms. The number of benzene rings is 1. The lowest BCUT2D eigenvalue weighted by Crippen LogP contribution is -1.99. The van der Waals surface area contributed by atoms with E-state index in [1.165, 1.54) is 11.3 Å². The number of halogens is 2. The molecule has 4 nitrogen and oxygen atoms in total. The smallest absolute Gasteiger partial charge is 0.355 e. The predicted octanol–water partition coefficient (Wildman–Crippen LogP) is 4.62. The minimum Gasteiger partial charge on any atom is -0.476 e. The Morgan fingerprint density at radius 2 is 2.16 bits per heavy atom. The van der Waals surface area contributed by atoms with Crippen LogP contribution in [-0.4, -0.2) is 16.1 Å². The van der Waals surface area contributed by atoms with Gasteiger partial charge in [-0.15, -0.1) is 11.3 Å². The Labute approximate surface area is 127 Å². The Bertz CT molecular complexity index is 657. The van der Waals surface area contributed by atoms with Crippen LogP contribution in [0.25, 0.3) is 0 Å². The van der Waals surface area contributed by atoms with Crippen molar-refractivity contribution in [2.45, 2.75) is 13.8 Å². The summed E-state index contributed by atoms with van der Waals surface area (Å²) in [4.78, 5) is 15.6. The van der Waals surface area contributed by atoms with Gasteiger partial charge in [0.25, 0.3) is 0 Å². The van der Waals surface area contributed by atoms with Crippen LogP contribution in [0.3, 0.4) is 0 Å². The second-order valence-electron chi connectivity index (χ2n) is 3.94. The number of hydrogen-bond acceptors (Lipinski definition) is 4. The molecule has 0 fully saturated rings. The number of nitrogens with one attached hydrogen (secondary N) is 1. The van der Waals surface area contributed by atoms with Gasteiger partial charge in [0.2, 0.25) is 0 Å². The van der Waals surface area contributed by atoms with Gasteiger partial charge >= 0.3 is 5.97 Å². The topological polar surface area (TPSA) is 62.2 Å². The fourth-order valence-electron chi connectivity index (χ4n) is 1.51. The Kier molecular flexibility index (Phi) is 4.13. The molecular formula is C12H10BrClN2O2S. The van der Waals surface area contributed by atoms with E-state index in [0.717, 1.165) is 15.7 Å². The second-order valence-corrected chi connectivity index (χ2v) is 6.40. The summed E-state index contributed by atoms with van der Waals surface area (Å²) in [5.41, 5.74) is 1.78. The molecule has 0 spiro atoms. The zero-order valence-corrected chi connectivity index (χ0v) is 13.3. The standard InChI is InChI=1S/C12H10BrClN2O2S/c1-5-3-7(13)9(4-8(5)14)15-12-16-10(11(17)18)6(2)19-12/h3-4H,1-2H3,(H,15,16)(H,17,18). The highest BCUT2D eigenvalue weighted by molar-refractivity contribution is 9.10. The van der Waals surface area contributed by atoms with Crippen molar-refractivity contribution in [3.8, 4) is 0 Å². The number of nitrogens with zero attached hydrogens (tertiary/aromatic N) is 1. The summed E-state index contributed by atoms with van der Waals surface area (Å²) in [5.74, 6) is -1.03. The highest BCUT2D eigenvalue weighted by atomic mass is 79.9. The molecule has 1 aromatic heterocycles. The van der Waals surface area contributed by atoms with Crippen molar-refractivity contribution in [3.05, 3.63) is 37.8 Å². The zero-order valence-electron chi connectivity index (χ0n) is 10.1. The largest absolute Gasteiger partial charge is 0.476 e. The second kappa shape index (κ2) is 5.48. The van der Waals surface area contributed by atoms with Crippen molar-refractivity contribution in [1.29, 1.82) is 0 Å². The van der Waals surface area contributed by atoms with Crippen molar-refractivity contribution in [1.82, 2.24) is 4.98 Å². The molecule has 7 heteroatoms. The lowest BCUT2D eigenvalue weighted by Gasteiger charge is -2.08. The first kappa shape index (κ1) is 14.3. The average molecular weight is 362 g/mol. The molecule has 0 aliphatic rings. The van der Waals surface area contributed by atoms with Gasteiger partial charge in [-0.1, -0.05) is 11.6 Å². The maximum atomic E-state index is 10.9. The van der Waals surface area contributed by atoms with Gasteiger partial charge in [0.05, 0.1) is 5.69 Å². The summed E-state index contributed by atoms with van der Waals surface area (Å²) in [5, 5.41) is 13.2. The molecule has 2 aromatic rings. The van der Waals surface area contributed by atoms with Crippen LogP contribution in [0.1, 0.15) is 20.9 Å². The number of hydrogen-bond donors (Lipinski definition) is 2. The number of aromatic nitrogens is 1. The summed E-state index contributed by atoms with van der Waals surface area (Å²) in [7, 11) is 0. The number of thiazole rings is 1. The van der Waals surface area contributed by atoms with Crippen LogP contribution < -0.4 is 5.32 Å². The summed E-state index contributed by atoms with van der Waals surface area (Å²) >= 11 is 10.8. The fourth-order valence-corrected chi connectivity index (χ4v) is 3.04. The summed E-state index contributed by atoms with van der Waals surface area (Å²) < 4.78 is 0.846. The van der Waals surface area contributed by atoms with Gasteiger partial charge in [-0.25, -0.2) is 9.78 Å². The van der Waals surface area contributed by atoms with Gasteiger partial charge in [0.15, 0.2) is 10.8 Å². The summed E-state index contributed by atoms with van der Waals surface area (Å²) in [6.45, 7) is 3.64. The molecule has 1 aromatic carbocycles. The van der Waals surface area contributed by atoms with Crippen molar-refractivity contribution >= 4 is 55.7 Å². The van der Waals surface area contributed by atoms with Crippen LogP contribution in [0.4, 0.5) is 10.8 Å². The van der Waals surface area contributed by atoms with Gasteiger partial charge < -0.3 is 10.4 Å². The van der Waals surface area contributed by atoms with Gasteiger partial charge in [-0.3, -0.25) is 0 Å². The first-order chi connectivity index (χ1) is 8.88. The van der Waals surface area contributed by atoms with Gasteiger partial charge in [-0.2, -0.15) is 0 Å². The van der Waals surface area contributed by atoms with Gasteiger partial charge in [0.1, 0.15) is 0 Å². The Balaban J connectivity index is 2.34. The van der Waals surface area contributed by atoms with Gasteiger partial charge in [0, 0.05) is 14.4 Å². The molecule has 0 amide bonds. The van der Waals surface area contributed by atoms with E-state index in [0.29, 0.717) is 15.0 Å². The number of carboxylic acid groups (broad SMARTS) is 1. The predicted molar refractivity (Wildman–Crippen MR) is 81.0 cm³/mol. The van der Waals surface area contributed by atoms with Crippen molar-refractivity contribution in [2.24, 2.45) is 0 Å². The molecule has 0 aliphatic heterocycles. The van der Waals surface area contributed by atoms with Crippen molar-refractivity contribution < 1.29 is 9.90 Å². The summed E-state index contributed by atoms with van der Waals surface area (Å²) in [6.07, 6.45) is 0. The van der Waals surface area contributed by atoms with E-state index in [4.69, 9.17) is 16.7 Å². The van der Waals surface area contributed by atoms with Gasteiger partial charge in [-0.05, 0) is 47.5 Å². The average Bonchev–Trinajstić information content (AvgIpc) is 2.67. The molecule has 2 rings (SSSR count). The molecule has 0 radical (unpaired) electrons. The van der Waals surface area contributed by atoms with Crippen LogP contribution in [0.2, 0.25) is 5.02 Å². The fraction of sp³-hybridized carbons (Fsp3) is 0.167. The quantitative estimate of drug-likeness (QED) is 0.837. The first-order valence-corrected chi connectivity index (χ1v) is 7.30. The Morgan fingerprint density at radius 3 is 2.74 bits per heavy atom. The Morgan fingerprint density at radius 1 is 1.47 bits per heavy atom. The van der Waals surface area contributed by atoms with E-state index in [9.17, 15) is 4.79 Å². The maximum Gasteiger partial charge on any atom is 0.355 e. The SMILES string of the molecule is Cc1cc(Br)c(Nc2nc(C(=O)O)c(C)s2)cc1Cl. The van der Waals surface area contributed by atoms with Crippen LogP contribution in [0, 0.1) is 13.8 Å². The van der Waals surface area contributed by atoms with E-state index in [1.54, 1.807) is 13.0 Å².